The summed E-state index contributed by atoms with van der Waals surface area (Å²) >= 11 is 0. The maximum absolute atomic E-state index is 12.6. The molecule has 1 amide bonds. The highest BCUT2D eigenvalue weighted by Crippen LogP contribution is 2.39. The van der Waals surface area contributed by atoms with Crippen molar-refractivity contribution < 1.29 is 4.79 Å². The van der Waals surface area contributed by atoms with E-state index in [9.17, 15) is 4.79 Å². The van der Waals surface area contributed by atoms with E-state index in [1.807, 2.05) is 0 Å². The molecule has 2 aliphatic carbocycles. The minimum absolute atomic E-state index is 0.283. The van der Waals surface area contributed by atoms with Crippen molar-refractivity contribution in [1.29, 1.82) is 0 Å². The Morgan fingerprint density at radius 3 is 2.39 bits per heavy atom. The predicted octanol–water partition coefficient (Wildman–Crippen LogP) is 2.01. The first-order valence-electron chi connectivity index (χ1n) is 7.76. The summed E-state index contributed by atoms with van der Waals surface area (Å²) in [5.41, 5.74) is 5.77. The van der Waals surface area contributed by atoms with Crippen LogP contribution >= 0.6 is 0 Å². The molecule has 3 rings (SSSR count). The fraction of sp³-hybridized carbons (Fsp3) is 0.933. The Kier molecular flexibility index (Phi) is 3.60. The minimum atomic E-state index is 0.283. The Morgan fingerprint density at radius 2 is 1.72 bits per heavy atom. The summed E-state index contributed by atoms with van der Waals surface area (Å²) < 4.78 is 0. The van der Waals surface area contributed by atoms with Gasteiger partial charge in [-0.1, -0.05) is 12.8 Å². The van der Waals surface area contributed by atoms with Crippen molar-refractivity contribution in [2.24, 2.45) is 29.4 Å². The van der Waals surface area contributed by atoms with Crippen molar-refractivity contribution in [1.82, 2.24) is 4.90 Å². The van der Waals surface area contributed by atoms with Crippen molar-refractivity contribution in [3.63, 3.8) is 0 Å². The van der Waals surface area contributed by atoms with Gasteiger partial charge in [-0.3, -0.25) is 4.79 Å². The van der Waals surface area contributed by atoms with Crippen molar-refractivity contribution >= 4 is 5.91 Å². The molecular weight excluding hydrogens is 224 g/mol. The Labute approximate surface area is 110 Å². The van der Waals surface area contributed by atoms with Gasteiger partial charge < -0.3 is 10.6 Å². The van der Waals surface area contributed by atoms with E-state index in [-0.39, 0.29) is 5.92 Å². The van der Waals surface area contributed by atoms with Crippen molar-refractivity contribution in [3.8, 4) is 0 Å². The summed E-state index contributed by atoms with van der Waals surface area (Å²) in [7, 11) is 0. The normalized spacial score (nSPS) is 39.9. The van der Waals surface area contributed by atoms with E-state index in [2.05, 4.69) is 4.90 Å². The first-order chi connectivity index (χ1) is 8.78. The third kappa shape index (κ3) is 2.29. The molecule has 3 heteroatoms. The van der Waals surface area contributed by atoms with Gasteiger partial charge in [0.2, 0.25) is 5.91 Å². The van der Waals surface area contributed by atoms with Crippen LogP contribution in [-0.2, 0) is 4.79 Å². The third-order valence-corrected chi connectivity index (χ3v) is 5.50. The number of nitrogens with two attached hydrogens (primary N) is 1. The number of hydrogen-bond donors (Lipinski definition) is 1. The molecule has 0 spiro atoms. The first-order valence-corrected chi connectivity index (χ1v) is 7.76. The van der Waals surface area contributed by atoms with Gasteiger partial charge in [-0.15, -0.1) is 0 Å². The van der Waals surface area contributed by atoms with Crippen molar-refractivity contribution in [3.05, 3.63) is 0 Å². The van der Waals surface area contributed by atoms with Gasteiger partial charge in [0.15, 0.2) is 0 Å². The lowest BCUT2D eigenvalue weighted by atomic mass is 9.81. The zero-order chi connectivity index (χ0) is 12.5. The number of hydrogen-bond acceptors (Lipinski definition) is 2. The van der Waals surface area contributed by atoms with Gasteiger partial charge in [0.1, 0.15) is 0 Å². The van der Waals surface area contributed by atoms with E-state index in [0.29, 0.717) is 11.8 Å². The molecule has 4 atom stereocenters. The molecule has 102 valence electrons. The average Bonchev–Trinajstić information content (AvgIpc) is 2.98. The van der Waals surface area contributed by atoms with Crippen LogP contribution in [0.5, 0.6) is 0 Å². The van der Waals surface area contributed by atoms with Gasteiger partial charge in [-0.25, -0.2) is 0 Å². The summed E-state index contributed by atoms with van der Waals surface area (Å²) in [5.74, 6) is 2.97. The highest BCUT2D eigenvalue weighted by molar-refractivity contribution is 5.79. The third-order valence-electron chi connectivity index (χ3n) is 5.50. The zero-order valence-electron chi connectivity index (χ0n) is 11.3. The largest absolute Gasteiger partial charge is 0.342 e. The molecule has 3 aliphatic rings. The fourth-order valence-electron chi connectivity index (χ4n) is 4.40. The van der Waals surface area contributed by atoms with E-state index in [1.54, 1.807) is 0 Å². The second-order valence-corrected chi connectivity index (χ2v) is 6.66. The molecule has 4 unspecified atom stereocenters. The lowest BCUT2D eigenvalue weighted by Crippen LogP contribution is -2.38. The average molecular weight is 250 g/mol. The number of likely N-dealkylation sites (tertiary alicyclic amines) is 1. The Balaban J connectivity index is 1.58. The van der Waals surface area contributed by atoms with Crippen LogP contribution in [-0.4, -0.2) is 30.4 Å². The molecule has 1 saturated heterocycles. The van der Waals surface area contributed by atoms with Gasteiger partial charge in [0.25, 0.3) is 0 Å². The van der Waals surface area contributed by atoms with Crippen LogP contribution in [0, 0.1) is 23.7 Å². The first kappa shape index (κ1) is 12.5. The quantitative estimate of drug-likeness (QED) is 0.815. The number of amides is 1. The van der Waals surface area contributed by atoms with Crippen molar-refractivity contribution in [2.45, 2.75) is 44.9 Å². The molecule has 3 fully saturated rings. The smallest absolute Gasteiger partial charge is 0.225 e. The number of carbonyl (C=O) groups is 1. The predicted molar refractivity (Wildman–Crippen MR) is 71.9 cm³/mol. The molecule has 1 heterocycles. The van der Waals surface area contributed by atoms with E-state index >= 15 is 0 Å². The van der Waals surface area contributed by atoms with Crippen LogP contribution in [0.3, 0.4) is 0 Å². The Morgan fingerprint density at radius 1 is 1.06 bits per heavy atom. The molecular formula is C15H26N2O. The van der Waals surface area contributed by atoms with Gasteiger partial charge in [0, 0.05) is 19.0 Å². The molecule has 0 radical (unpaired) electrons. The maximum atomic E-state index is 12.6. The highest BCUT2D eigenvalue weighted by atomic mass is 16.2. The highest BCUT2D eigenvalue weighted by Gasteiger charge is 2.40. The number of rotatable bonds is 2. The van der Waals surface area contributed by atoms with Crippen LogP contribution in [0.4, 0.5) is 0 Å². The second kappa shape index (κ2) is 5.20. The summed E-state index contributed by atoms with van der Waals surface area (Å²) in [5, 5.41) is 0. The van der Waals surface area contributed by atoms with E-state index in [1.165, 1.54) is 32.1 Å². The standard InChI is InChI=1S/C15H26N2O/c16-8-11-3-1-4-12(7-11)15(18)17-9-13-5-2-6-14(13)10-17/h11-14H,1-10,16H2. The molecule has 0 aromatic heterocycles. The summed E-state index contributed by atoms with van der Waals surface area (Å²) in [6.45, 7) is 2.86. The summed E-state index contributed by atoms with van der Waals surface area (Å²) in [6.07, 6.45) is 8.65. The lowest BCUT2D eigenvalue weighted by molar-refractivity contribution is -0.136. The van der Waals surface area contributed by atoms with Crippen LogP contribution in [0.2, 0.25) is 0 Å². The maximum Gasteiger partial charge on any atom is 0.225 e. The van der Waals surface area contributed by atoms with E-state index in [0.717, 1.165) is 44.3 Å². The monoisotopic (exact) mass is 250 g/mol. The molecule has 18 heavy (non-hydrogen) atoms. The second-order valence-electron chi connectivity index (χ2n) is 6.66. The Bertz CT molecular complexity index is 299. The molecule has 1 aliphatic heterocycles. The number of nitrogens with zero attached hydrogens (tertiary/aromatic N) is 1. The molecule has 2 N–H and O–H groups in total. The van der Waals surface area contributed by atoms with Gasteiger partial charge in [-0.2, -0.15) is 0 Å². The molecule has 3 nitrogen and oxygen atoms in total. The Hall–Kier alpha value is -0.570. The molecule has 0 aromatic rings. The zero-order valence-corrected chi connectivity index (χ0v) is 11.3. The van der Waals surface area contributed by atoms with Gasteiger partial charge >= 0.3 is 0 Å². The molecule has 2 saturated carbocycles. The summed E-state index contributed by atoms with van der Waals surface area (Å²) in [6, 6.07) is 0. The van der Waals surface area contributed by atoms with Crippen molar-refractivity contribution in [2.75, 3.05) is 19.6 Å². The fourth-order valence-corrected chi connectivity index (χ4v) is 4.40. The van der Waals surface area contributed by atoms with Crippen LogP contribution in [0.25, 0.3) is 0 Å². The lowest BCUT2D eigenvalue weighted by Gasteiger charge is -2.30. The van der Waals surface area contributed by atoms with Crippen LogP contribution < -0.4 is 5.73 Å². The van der Waals surface area contributed by atoms with Crippen LogP contribution in [0.15, 0.2) is 0 Å². The topological polar surface area (TPSA) is 46.3 Å². The van der Waals surface area contributed by atoms with Gasteiger partial charge in [0.05, 0.1) is 0 Å². The number of carbonyl (C=O) groups excluding carboxylic acids is 1. The molecule has 0 aromatic carbocycles. The van der Waals surface area contributed by atoms with E-state index in [4.69, 9.17) is 5.73 Å². The van der Waals surface area contributed by atoms with Gasteiger partial charge in [-0.05, 0) is 56.4 Å². The van der Waals surface area contributed by atoms with Crippen LogP contribution in [0.1, 0.15) is 44.9 Å². The summed E-state index contributed by atoms with van der Waals surface area (Å²) in [4.78, 5) is 14.8. The van der Waals surface area contributed by atoms with E-state index < -0.39 is 0 Å². The number of fused-ring (bicyclic) bond motifs is 1. The molecule has 0 bridgehead atoms. The minimum Gasteiger partial charge on any atom is -0.342 e. The SMILES string of the molecule is NCC1CCCC(C(=O)N2CC3CCCC3C2)C1.